The third-order valence-electron chi connectivity index (χ3n) is 3.66. The number of likely N-dealkylation sites (tertiary alicyclic amines) is 1. The maximum atomic E-state index is 13.9. The average molecular weight is 254 g/mol. The smallest absolute Gasteiger partial charge is 0.130 e. The standard InChI is InChI=1S/C14H20F2N2/c1-9(2)18-7-3-4-13(17)14(18)11-6-5-10(15)8-12(11)16/h5-6,8-9,13-14H,3-4,7,17H2,1-2H3. The molecule has 4 heteroatoms. The van der Waals surface area contributed by atoms with Crippen molar-refractivity contribution in [1.29, 1.82) is 0 Å². The number of piperidine rings is 1. The van der Waals surface area contributed by atoms with E-state index in [1.54, 1.807) is 0 Å². The second-order valence-electron chi connectivity index (χ2n) is 5.25. The molecule has 0 aromatic heterocycles. The van der Waals surface area contributed by atoms with Crippen molar-refractivity contribution < 1.29 is 8.78 Å². The summed E-state index contributed by atoms with van der Waals surface area (Å²) in [6.07, 6.45) is 1.91. The van der Waals surface area contributed by atoms with Gasteiger partial charge in [0.25, 0.3) is 0 Å². The fourth-order valence-corrected chi connectivity index (χ4v) is 2.78. The van der Waals surface area contributed by atoms with Crippen LogP contribution in [0.15, 0.2) is 18.2 Å². The van der Waals surface area contributed by atoms with Crippen molar-refractivity contribution in [2.24, 2.45) is 5.73 Å². The second kappa shape index (κ2) is 5.33. The van der Waals surface area contributed by atoms with Gasteiger partial charge in [0.05, 0.1) is 6.04 Å². The molecule has 18 heavy (non-hydrogen) atoms. The van der Waals surface area contributed by atoms with Crippen LogP contribution < -0.4 is 5.73 Å². The maximum Gasteiger partial charge on any atom is 0.130 e. The second-order valence-corrected chi connectivity index (χ2v) is 5.25. The van der Waals surface area contributed by atoms with E-state index >= 15 is 0 Å². The normalized spacial score (nSPS) is 25.7. The first-order chi connectivity index (χ1) is 8.50. The van der Waals surface area contributed by atoms with Crippen molar-refractivity contribution in [2.45, 2.75) is 44.8 Å². The first kappa shape index (κ1) is 13.4. The quantitative estimate of drug-likeness (QED) is 0.879. The van der Waals surface area contributed by atoms with Crippen LogP contribution in [0.2, 0.25) is 0 Å². The zero-order chi connectivity index (χ0) is 13.3. The fourth-order valence-electron chi connectivity index (χ4n) is 2.78. The Kier molecular flexibility index (Phi) is 3.97. The van der Waals surface area contributed by atoms with Gasteiger partial charge in [-0.15, -0.1) is 0 Å². The highest BCUT2D eigenvalue weighted by molar-refractivity contribution is 5.24. The first-order valence-corrected chi connectivity index (χ1v) is 6.47. The summed E-state index contributed by atoms with van der Waals surface area (Å²) < 4.78 is 26.9. The average Bonchev–Trinajstić information content (AvgIpc) is 2.29. The van der Waals surface area contributed by atoms with Gasteiger partial charge >= 0.3 is 0 Å². The number of halogens is 2. The predicted octanol–water partition coefficient (Wildman–Crippen LogP) is 2.84. The van der Waals surface area contributed by atoms with Gasteiger partial charge in [0.1, 0.15) is 11.6 Å². The molecule has 100 valence electrons. The largest absolute Gasteiger partial charge is 0.326 e. The molecule has 1 heterocycles. The summed E-state index contributed by atoms with van der Waals surface area (Å²) >= 11 is 0. The molecule has 1 saturated heterocycles. The lowest BCUT2D eigenvalue weighted by Crippen LogP contribution is -2.48. The number of benzene rings is 1. The van der Waals surface area contributed by atoms with Crippen LogP contribution in [0, 0.1) is 11.6 Å². The van der Waals surface area contributed by atoms with Crippen LogP contribution in [-0.4, -0.2) is 23.5 Å². The molecule has 0 radical (unpaired) electrons. The van der Waals surface area contributed by atoms with E-state index in [1.165, 1.54) is 12.1 Å². The van der Waals surface area contributed by atoms with E-state index in [0.29, 0.717) is 11.6 Å². The highest BCUT2D eigenvalue weighted by atomic mass is 19.1. The summed E-state index contributed by atoms with van der Waals surface area (Å²) in [5.41, 5.74) is 6.66. The highest BCUT2D eigenvalue weighted by Gasteiger charge is 2.33. The Labute approximate surface area is 107 Å². The SMILES string of the molecule is CC(C)N1CCCC(N)C1c1ccc(F)cc1F. The Morgan fingerprint density at radius 1 is 1.33 bits per heavy atom. The summed E-state index contributed by atoms with van der Waals surface area (Å²) in [6, 6.07) is 3.81. The van der Waals surface area contributed by atoms with Crippen molar-refractivity contribution in [2.75, 3.05) is 6.54 Å². The minimum absolute atomic E-state index is 0.0962. The lowest BCUT2D eigenvalue weighted by Gasteiger charge is -2.42. The zero-order valence-corrected chi connectivity index (χ0v) is 10.9. The fraction of sp³-hybridized carbons (Fsp3) is 0.571. The van der Waals surface area contributed by atoms with Gasteiger partial charge in [0.15, 0.2) is 0 Å². The third-order valence-corrected chi connectivity index (χ3v) is 3.66. The molecule has 2 N–H and O–H groups in total. The summed E-state index contributed by atoms with van der Waals surface area (Å²) in [7, 11) is 0. The Hall–Kier alpha value is -1.00. The lowest BCUT2D eigenvalue weighted by atomic mass is 9.89. The van der Waals surface area contributed by atoms with Gasteiger partial charge in [0, 0.05) is 23.7 Å². The minimum atomic E-state index is -0.545. The van der Waals surface area contributed by atoms with Crippen molar-refractivity contribution in [3.63, 3.8) is 0 Å². The molecule has 2 atom stereocenters. The number of hydrogen-bond donors (Lipinski definition) is 1. The van der Waals surface area contributed by atoms with Crippen molar-refractivity contribution in [1.82, 2.24) is 4.90 Å². The van der Waals surface area contributed by atoms with Gasteiger partial charge in [-0.2, -0.15) is 0 Å². The molecule has 0 saturated carbocycles. The molecule has 1 aromatic carbocycles. The van der Waals surface area contributed by atoms with E-state index < -0.39 is 11.6 Å². The van der Waals surface area contributed by atoms with Crippen LogP contribution in [0.5, 0.6) is 0 Å². The van der Waals surface area contributed by atoms with Crippen LogP contribution in [0.25, 0.3) is 0 Å². The summed E-state index contributed by atoms with van der Waals surface area (Å²) in [6.45, 7) is 5.06. The number of nitrogens with zero attached hydrogens (tertiary/aromatic N) is 1. The predicted molar refractivity (Wildman–Crippen MR) is 68.2 cm³/mol. The van der Waals surface area contributed by atoms with Gasteiger partial charge in [-0.1, -0.05) is 6.07 Å². The summed E-state index contributed by atoms with van der Waals surface area (Å²) in [4.78, 5) is 2.20. The van der Waals surface area contributed by atoms with E-state index in [1.807, 2.05) is 0 Å². The number of hydrogen-bond acceptors (Lipinski definition) is 2. The van der Waals surface area contributed by atoms with E-state index in [0.717, 1.165) is 25.5 Å². The van der Waals surface area contributed by atoms with E-state index in [-0.39, 0.29) is 12.1 Å². The van der Waals surface area contributed by atoms with Crippen LogP contribution in [0.1, 0.15) is 38.3 Å². The van der Waals surface area contributed by atoms with Crippen LogP contribution in [0.4, 0.5) is 8.78 Å². The Morgan fingerprint density at radius 3 is 2.67 bits per heavy atom. The maximum absolute atomic E-state index is 13.9. The molecule has 2 nitrogen and oxygen atoms in total. The van der Waals surface area contributed by atoms with Crippen molar-refractivity contribution >= 4 is 0 Å². The van der Waals surface area contributed by atoms with Gasteiger partial charge in [-0.3, -0.25) is 4.90 Å². The minimum Gasteiger partial charge on any atom is -0.326 e. The monoisotopic (exact) mass is 254 g/mol. The molecule has 1 aromatic rings. The van der Waals surface area contributed by atoms with E-state index in [2.05, 4.69) is 18.7 Å². The molecule has 2 rings (SSSR count). The van der Waals surface area contributed by atoms with Gasteiger partial charge in [-0.25, -0.2) is 8.78 Å². The van der Waals surface area contributed by atoms with Gasteiger partial charge < -0.3 is 5.73 Å². The molecule has 0 aliphatic carbocycles. The molecule has 0 spiro atoms. The molecular formula is C14H20F2N2. The van der Waals surface area contributed by atoms with Gasteiger partial charge in [0.2, 0.25) is 0 Å². The topological polar surface area (TPSA) is 29.3 Å². The summed E-state index contributed by atoms with van der Waals surface area (Å²) in [5, 5.41) is 0. The third kappa shape index (κ3) is 2.54. The van der Waals surface area contributed by atoms with E-state index in [4.69, 9.17) is 5.73 Å². The van der Waals surface area contributed by atoms with Crippen LogP contribution >= 0.6 is 0 Å². The van der Waals surface area contributed by atoms with Crippen LogP contribution in [-0.2, 0) is 0 Å². The highest BCUT2D eigenvalue weighted by Crippen LogP contribution is 2.33. The molecule has 1 fully saturated rings. The Bertz CT molecular complexity index is 420. The molecule has 0 bridgehead atoms. The Balaban J connectivity index is 2.37. The van der Waals surface area contributed by atoms with Gasteiger partial charge in [-0.05, 0) is 39.3 Å². The summed E-state index contributed by atoms with van der Waals surface area (Å²) in [5.74, 6) is -1.04. The molecule has 0 amide bonds. The van der Waals surface area contributed by atoms with E-state index in [9.17, 15) is 8.78 Å². The number of nitrogens with two attached hydrogens (primary N) is 1. The lowest BCUT2D eigenvalue weighted by molar-refractivity contribution is 0.0921. The number of rotatable bonds is 2. The van der Waals surface area contributed by atoms with Crippen molar-refractivity contribution in [3.8, 4) is 0 Å². The molecular weight excluding hydrogens is 234 g/mol. The molecule has 1 aliphatic heterocycles. The Morgan fingerprint density at radius 2 is 2.06 bits per heavy atom. The molecule has 1 aliphatic rings. The zero-order valence-electron chi connectivity index (χ0n) is 10.9. The molecule has 2 unspecified atom stereocenters. The van der Waals surface area contributed by atoms with Crippen LogP contribution in [0.3, 0.4) is 0 Å². The first-order valence-electron chi connectivity index (χ1n) is 6.47. The van der Waals surface area contributed by atoms with Crippen molar-refractivity contribution in [3.05, 3.63) is 35.4 Å².